The van der Waals surface area contributed by atoms with Gasteiger partial charge in [0.1, 0.15) is 18.8 Å². The Hall–Kier alpha value is -4.29. The number of rotatable bonds is 12. The molecule has 0 aliphatic carbocycles. The van der Waals surface area contributed by atoms with Crippen LogP contribution in [0.3, 0.4) is 0 Å². The standard InChI is InChI=1S/C28H29FN5O7P/c1-17-4-8-21(9-5-17)25-23(40-19(3)41-25)14-39-42(36,38-13-20-7-6-18(2)22(29)12-20)16-37-11-10-34-15-31-24-26(34)32-28(30)33-27(24)35/h4-9,12,15H,3,10-11,13-14,16H2,1-2H3,(H3,30,32,33,35). The van der Waals surface area contributed by atoms with Crippen molar-refractivity contribution >= 4 is 30.5 Å². The Labute approximate surface area is 240 Å². The normalized spacial score (nSPS) is 14.7. The average Bonchev–Trinajstić information content (AvgIpc) is 3.54. The van der Waals surface area contributed by atoms with Crippen molar-refractivity contribution in [2.24, 2.45) is 0 Å². The molecule has 1 atom stereocenters. The van der Waals surface area contributed by atoms with Crippen molar-refractivity contribution < 1.29 is 32.2 Å². The molecule has 2 aromatic heterocycles. The van der Waals surface area contributed by atoms with Crippen molar-refractivity contribution in [3.05, 3.63) is 106 Å². The first-order chi connectivity index (χ1) is 20.1. The number of halogens is 1. The number of imidazole rings is 1. The second-order valence-corrected chi connectivity index (χ2v) is 11.5. The van der Waals surface area contributed by atoms with Gasteiger partial charge in [0.25, 0.3) is 11.5 Å². The fraction of sp³-hybridized carbons (Fsp3) is 0.250. The van der Waals surface area contributed by atoms with Crippen LogP contribution in [-0.2, 0) is 41.0 Å². The molecule has 5 rings (SSSR count). The summed E-state index contributed by atoms with van der Waals surface area (Å²) < 4.78 is 57.9. The maximum Gasteiger partial charge on any atom is 0.356 e. The molecule has 0 bridgehead atoms. The predicted molar refractivity (Wildman–Crippen MR) is 152 cm³/mol. The molecule has 0 radical (unpaired) electrons. The van der Waals surface area contributed by atoms with Crippen LogP contribution in [0.15, 0.2) is 71.9 Å². The molecular formula is C28H29FN5O7P. The van der Waals surface area contributed by atoms with Crippen LogP contribution < -0.4 is 11.3 Å². The molecule has 0 saturated heterocycles. The second-order valence-electron chi connectivity index (χ2n) is 9.53. The van der Waals surface area contributed by atoms with E-state index in [4.69, 9.17) is 29.0 Å². The number of nitrogens with two attached hydrogens (primary N) is 1. The third-order valence-corrected chi connectivity index (χ3v) is 7.84. The van der Waals surface area contributed by atoms with Crippen LogP contribution in [0.5, 0.6) is 0 Å². The van der Waals surface area contributed by atoms with Gasteiger partial charge in [-0.15, -0.1) is 0 Å². The van der Waals surface area contributed by atoms with Gasteiger partial charge in [-0.1, -0.05) is 42.0 Å². The quantitative estimate of drug-likeness (QED) is 0.173. The Morgan fingerprint density at radius 3 is 2.64 bits per heavy atom. The minimum absolute atomic E-state index is 0.0451. The number of hydrogen-bond acceptors (Lipinski definition) is 10. The minimum atomic E-state index is -3.94. The summed E-state index contributed by atoms with van der Waals surface area (Å²) in [7, 11) is -3.94. The van der Waals surface area contributed by atoms with Gasteiger partial charge in [-0.2, -0.15) is 4.98 Å². The number of benzene rings is 2. The lowest BCUT2D eigenvalue weighted by Crippen LogP contribution is -2.13. The molecule has 0 saturated carbocycles. The average molecular weight is 598 g/mol. The van der Waals surface area contributed by atoms with Crippen molar-refractivity contribution in [3.63, 3.8) is 0 Å². The van der Waals surface area contributed by atoms with Crippen molar-refractivity contribution in [3.8, 4) is 0 Å². The van der Waals surface area contributed by atoms with Crippen LogP contribution in [-0.4, -0.2) is 39.1 Å². The number of hydrogen-bond donors (Lipinski definition) is 2. The largest absolute Gasteiger partial charge is 0.424 e. The molecule has 12 nitrogen and oxygen atoms in total. The summed E-state index contributed by atoms with van der Waals surface area (Å²) in [5, 5.41) is 0. The van der Waals surface area contributed by atoms with Crippen molar-refractivity contribution in [2.75, 3.05) is 25.3 Å². The van der Waals surface area contributed by atoms with Gasteiger partial charge in [-0.05, 0) is 37.6 Å². The lowest BCUT2D eigenvalue weighted by molar-refractivity contribution is 0.114. The number of aromatic amines is 1. The first-order valence-corrected chi connectivity index (χ1v) is 14.6. The first kappa shape index (κ1) is 29.2. The van der Waals surface area contributed by atoms with Gasteiger partial charge in [0.05, 0.1) is 19.5 Å². The van der Waals surface area contributed by atoms with Gasteiger partial charge in [0.2, 0.25) is 5.95 Å². The maximum absolute atomic E-state index is 14.1. The molecule has 4 aromatic rings. The number of aryl methyl sites for hydroxylation is 2. The van der Waals surface area contributed by atoms with Gasteiger partial charge < -0.3 is 29.0 Å². The van der Waals surface area contributed by atoms with Gasteiger partial charge in [0.15, 0.2) is 22.7 Å². The molecule has 3 heterocycles. The number of aromatic nitrogens is 4. The molecule has 1 aliphatic heterocycles. The van der Waals surface area contributed by atoms with Crippen LogP contribution in [0, 0.1) is 19.7 Å². The topological polar surface area (TPSA) is 153 Å². The van der Waals surface area contributed by atoms with E-state index in [9.17, 15) is 13.8 Å². The Morgan fingerprint density at radius 1 is 1.12 bits per heavy atom. The number of ether oxygens (including phenoxy) is 3. The fourth-order valence-electron chi connectivity index (χ4n) is 4.04. The molecule has 220 valence electrons. The molecule has 14 heteroatoms. The number of anilines is 1. The number of nitrogens with zero attached hydrogens (tertiary/aromatic N) is 3. The first-order valence-electron chi connectivity index (χ1n) is 12.9. The Morgan fingerprint density at radius 2 is 1.88 bits per heavy atom. The van der Waals surface area contributed by atoms with Crippen molar-refractivity contribution in [2.45, 2.75) is 27.0 Å². The number of H-pyrrole nitrogens is 1. The number of nitrogen functional groups attached to an aromatic ring is 1. The SMILES string of the molecule is C=C1OC(COP(=O)(COCCn2cnc3c(=O)[nH]c(N)nc32)OCc2ccc(C)c(F)c2)=C(c2ccc(C)cc2)O1. The summed E-state index contributed by atoms with van der Waals surface area (Å²) in [4.78, 5) is 22.6. The maximum atomic E-state index is 14.1. The Balaban J connectivity index is 1.29. The molecule has 0 spiro atoms. The molecule has 1 aliphatic rings. The highest BCUT2D eigenvalue weighted by Crippen LogP contribution is 2.50. The highest BCUT2D eigenvalue weighted by Gasteiger charge is 2.30. The van der Waals surface area contributed by atoms with Crippen LogP contribution >= 0.6 is 7.60 Å². The fourth-order valence-corrected chi connectivity index (χ4v) is 5.27. The summed E-state index contributed by atoms with van der Waals surface area (Å²) >= 11 is 0. The van der Waals surface area contributed by atoms with E-state index < -0.39 is 25.3 Å². The lowest BCUT2D eigenvalue weighted by atomic mass is 10.1. The number of fused-ring (bicyclic) bond motifs is 1. The zero-order valence-electron chi connectivity index (χ0n) is 23.0. The summed E-state index contributed by atoms with van der Waals surface area (Å²) in [5.74, 6) is 0.224. The van der Waals surface area contributed by atoms with E-state index >= 15 is 0 Å². The van der Waals surface area contributed by atoms with E-state index in [0.717, 1.165) is 11.1 Å². The molecule has 42 heavy (non-hydrogen) atoms. The Bertz CT molecular complexity index is 1770. The molecule has 0 amide bonds. The smallest absolute Gasteiger partial charge is 0.356 e. The molecule has 3 N–H and O–H groups in total. The van der Waals surface area contributed by atoms with Gasteiger partial charge >= 0.3 is 7.60 Å². The van der Waals surface area contributed by atoms with Crippen LogP contribution in [0.2, 0.25) is 0 Å². The molecule has 1 unspecified atom stereocenters. The summed E-state index contributed by atoms with van der Waals surface area (Å²) in [6.07, 6.45) is 0.997. The zero-order chi connectivity index (χ0) is 29.9. The zero-order valence-corrected chi connectivity index (χ0v) is 23.9. The summed E-state index contributed by atoms with van der Waals surface area (Å²) in [5.41, 5.74) is 8.33. The van der Waals surface area contributed by atoms with E-state index in [1.54, 1.807) is 23.6 Å². The van der Waals surface area contributed by atoms with Crippen molar-refractivity contribution in [1.82, 2.24) is 19.5 Å². The van der Waals surface area contributed by atoms with Crippen LogP contribution in [0.25, 0.3) is 16.9 Å². The van der Waals surface area contributed by atoms with Gasteiger partial charge in [-0.25, -0.2) is 9.37 Å². The molecule has 2 aromatic carbocycles. The highest BCUT2D eigenvalue weighted by molar-refractivity contribution is 7.53. The van der Waals surface area contributed by atoms with E-state index in [1.807, 2.05) is 31.2 Å². The van der Waals surface area contributed by atoms with Crippen molar-refractivity contribution in [1.29, 1.82) is 0 Å². The van der Waals surface area contributed by atoms with E-state index in [-0.39, 0.29) is 55.2 Å². The van der Waals surface area contributed by atoms with E-state index in [0.29, 0.717) is 16.9 Å². The lowest BCUT2D eigenvalue weighted by Gasteiger charge is -2.19. The van der Waals surface area contributed by atoms with Crippen LogP contribution in [0.1, 0.15) is 22.3 Å². The highest BCUT2D eigenvalue weighted by atomic mass is 31.2. The summed E-state index contributed by atoms with van der Waals surface area (Å²) in [6, 6.07) is 12.1. The monoisotopic (exact) mass is 597 g/mol. The minimum Gasteiger partial charge on any atom is -0.424 e. The van der Waals surface area contributed by atoms with Gasteiger partial charge in [-0.3, -0.25) is 18.9 Å². The predicted octanol–water partition coefficient (Wildman–Crippen LogP) is 4.75. The number of nitrogens with one attached hydrogen (secondary N) is 1. The van der Waals surface area contributed by atoms with E-state index in [2.05, 4.69) is 21.5 Å². The molecule has 0 fully saturated rings. The third kappa shape index (κ3) is 6.77. The van der Waals surface area contributed by atoms with Gasteiger partial charge in [0, 0.05) is 12.1 Å². The van der Waals surface area contributed by atoms with Crippen LogP contribution in [0.4, 0.5) is 10.3 Å². The third-order valence-electron chi connectivity index (χ3n) is 6.30. The summed E-state index contributed by atoms with van der Waals surface area (Å²) in [6.45, 7) is 7.11. The molecular weight excluding hydrogens is 568 g/mol. The Kier molecular flexibility index (Phi) is 8.55. The second kappa shape index (κ2) is 12.3. The van der Waals surface area contributed by atoms with E-state index in [1.165, 1.54) is 12.4 Å².